The van der Waals surface area contributed by atoms with Crippen molar-refractivity contribution in [2.24, 2.45) is 0 Å². The van der Waals surface area contributed by atoms with Gasteiger partial charge in [0.05, 0.1) is 4.90 Å². The van der Waals surface area contributed by atoms with Gasteiger partial charge in [-0.3, -0.25) is 0 Å². The van der Waals surface area contributed by atoms with Crippen LogP contribution in [-0.2, 0) is 9.84 Å². The molecule has 0 saturated carbocycles. The lowest BCUT2D eigenvalue weighted by Gasteiger charge is -2.04. The number of benzene rings is 2. The lowest BCUT2D eigenvalue weighted by molar-refractivity contribution is 0.605. The minimum atomic E-state index is -3.36. The fourth-order valence-corrected chi connectivity index (χ4v) is 2.33. The summed E-state index contributed by atoms with van der Waals surface area (Å²) in [5.74, 6) is 0. The molecule has 17 heavy (non-hydrogen) atoms. The average Bonchev–Trinajstić information content (AvgIpc) is 2.40. The van der Waals surface area contributed by atoms with E-state index in [9.17, 15) is 8.42 Å². The zero-order valence-electron chi connectivity index (χ0n) is 9.21. The van der Waals surface area contributed by atoms with Crippen LogP contribution in [0.25, 0.3) is 11.1 Å². The maximum absolute atomic E-state index is 11.7. The predicted molar refractivity (Wildman–Crippen MR) is 69.3 cm³/mol. The first-order chi connectivity index (χ1) is 8.13. The fourth-order valence-electron chi connectivity index (χ4n) is 1.58. The molecular weight excluding hydrogens is 232 g/mol. The molecule has 86 valence electrons. The van der Waals surface area contributed by atoms with Crippen LogP contribution in [0.3, 0.4) is 0 Å². The van der Waals surface area contributed by atoms with Crippen LogP contribution < -0.4 is 0 Å². The highest BCUT2D eigenvalue weighted by Crippen LogP contribution is 2.22. The lowest BCUT2D eigenvalue weighted by atomic mass is 10.1. The molecule has 0 radical (unpaired) electrons. The van der Waals surface area contributed by atoms with Crippen molar-refractivity contribution in [2.75, 3.05) is 0 Å². The van der Waals surface area contributed by atoms with Crippen molar-refractivity contribution in [3.8, 4) is 11.1 Å². The van der Waals surface area contributed by atoms with E-state index in [-0.39, 0.29) is 4.90 Å². The van der Waals surface area contributed by atoms with Crippen LogP contribution in [0, 0.1) is 0 Å². The molecule has 0 atom stereocenters. The van der Waals surface area contributed by atoms with Gasteiger partial charge in [-0.05, 0) is 23.3 Å². The SMILES string of the molecule is C=CS(=O)(=O)c1cccc(-c2ccccc2)c1. The summed E-state index contributed by atoms with van der Waals surface area (Å²) in [6, 6.07) is 16.5. The van der Waals surface area contributed by atoms with Crippen LogP contribution in [0.2, 0.25) is 0 Å². The summed E-state index contributed by atoms with van der Waals surface area (Å²) in [4.78, 5) is 0.272. The molecule has 0 N–H and O–H groups in total. The Bertz CT molecular complexity index is 628. The van der Waals surface area contributed by atoms with Gasteiger partial charge in [0, 0.05) is 5.41 Å². The summed E-state index contributed by atoms with van der Waals surface area (Å²) in [5, 5.41) is 0.969. The molecule has 0 aromatic heterocycles. The van der Waals surface area contributed by atoms with Gasteiger partial charge in [0.25, 0.3) is 0 Å². The highest BCUT2D eigenvalue weighted by molar-refractivity contribution is 7.94. The highest BCUT2D eigenvalue weighted by Gasteiger charge is 2.09. The molecule has 0 spiro atoms. The Balaban J connectivity index is 2.54. The quantitative estimate of drug-likeness (QED) is 0.830. The summed E-state index contributed by atoms with van der Waals surface area (Å²) < 4.78 is 23.3. The van der Waals surface area contributed by atoms with Gasteiger partial charge in [-0.2, -0.15) is 0 Å². The maximum atomic E-state index is 11.7. The molecular formula is C14H12O2S. The Hall–Kier alpha value is -1.87. The van der Waals surface area contributed by atoms with Gasteiger partial charge >= 0.3 is 0 Å². The standard InChI is InChI=1S/C14H12O2S/c1-2-17(15,16)14-10-6-9-13(11-14)12-7-4-3-5-8-12/h2-11H,1H2. The first-order valence-electron chi connectivity index (χ1n) is 5.16. The van der Waals surface area contributed by atoms with Gasteiger partial charge in [-0.1, -0.05) is 49.0 Å². The van der Waals surface area contributed by atoms with Crippen LogP contribution in [0.4, 0.5) is 0 Å². The van der Waals surface area contributed by atoms with Crippen LogP contribution in [0.1, 0.15) is 0 Å². The van der Waals surface area contributed by atoms with E-state index in [1.165, 1.54) is 0 Å². The minimum absolute atomic E-state index is 0.272. The predicted octanol–water partition coefficient (Wildman–Crippen LogP) is 3.27. The van der Waals surface area contributed by atoms with Crippen molar-refractivity contribution in [2.45, 2.75) is 4.90 Å². The molecule has 0 amide bonds. The third-order valence-corrected chi connectivity index (χ3v) is 3.84. The second kappa shape index (κ2) is 4.55. The highest BCUT2D eigenvalue weighted by atomic mass is 32.2. The van der Waals surface area contributed by atoms with E-state index in [4.69, 9.17) is 0 Å². The molecule has 0 saturated heterocycles. The van der Waals surface area contributed by atoms with E-state index in [2.05, 4.69) is 6.58 Å². The molecule has 0 unspecified atom stereocenters. The Morgan fingerprint density at radius 1 is 0.882 bits per heavy atom. The molecule has 0 aliphatic carbocycles. The van der Waals surface area contributed by atoms with Crippen LogP contribution in [-0.4, -0.2) is 8.42 Å². The monoisotopic (exact) mass is 244 g/mol. The topological polar surface area (TPSA) is 34.1 Å². The Kier molecular flexibility index (Phi) is 3.11. The van der Waals surface area contributed by atoms with Crippen molar-refractivity contribution in [1.82, 2.24) is 0 Å². The van der Waals surface area contributed by atoms with Crippen molar-refractivity contribution in [1.29, 1.82) is 0 Å². The summed E-state index contributed by atoms with van der Waals surface area (Å²) in [6.07, 6.45) is 0. The summed E-state index contributed by atoms with van der Waals surface area (Å²) in [7, 11) is -3.36. The zero-order valence-corrected chi connectivity index (χ0v) is 10.0. The minimum Gasteiger partial charge on any atom is -0.219 e. The average molecular weight is 244 g/mol. The molecule has 0 heterocycles. The Morgan fingerprint density at radius 2 is 1.53 bits per heavy atom. The smallest absolute Gasteiger partial charge is 0.199 e. The van der Waals surface area contributed by atoms with E-state index in [0.29, 0.717) is 0 Å². The van der Waals surface area contributed by atoms with Crippen LogP contribution in [0.5, 0.6) is 0 Å². The van der Waals surface area contributed by atoms with Crippen LogP contribution >= 0.6 is 0 Å². The molecule has 2 aromatic carbocycles. The van der Waals surface area contributed by atoms with Crippen LogP contribution in [0.15, 0.2) is 71.5 Å². The molecule has 2 rings (SSSR count). The van der Waals surface area contributed by atoms with E-state index in [1.807, 2.05) is 36.4 Å². The second-order valence-corrected chi connectivity index (χ2v) is 5.50. The maximum Gasteiger partial charge on any atom is 0.199 e. The zero-order chi connectivity index (χ0) is 12.3. The second-order valence-electron chi connectivity index (χ2n) is 3.61. The third-order valence-electron chi connectivity index (χ3n) is 2.49. The summed E-state index contributed by atoms with van der Waals surface area (Å²) in [6.45, 7) is 3.32. The van der Waals surface area contributed by atoms with Gasteiger partial charge in [0.2, 0.25) is 0 Å². The summed E-state index contributed by atoms with van der Waals surface area (Å²) >= 11 is 0. The van der Waals surface area contributed by atoms with Crippen molar-refractivity contribution >= 4 is 9.84 Å². The molecule has 0 aliphatic heterocycles. The van der Waals surface area contributed by atoms with Crippen molar-refractivity contribution < 1.29 is 8.42 Å². The number of sulfone groups is 1. The van der Waals surface area contributed by atoms with Gasteiger partial charge in [-0.15, -0.1) is 0 Å². The Labute approximate surface area is 101 Å². The van der Waals surface area contributed by atoms with E-state index in [1.54, 1.807) is 18.2 Å². The number of hydrogen-bond donors (Lipinski definition) is 0. The number of rotatable bonds is 3. The molecule has 0 fully saturated rings. The first-order valence-corrected chi connectivity index (χ1v) is 6.71. The van der Waals surface area contributed by atoms with Gasteiger partial charge < -0.3 is 0 Å². The van der Waals surface area contributed by atoms with Gasteiger partial charge in [-0.25, -0.2) is 8.42 Å². The van der Waals surface area contributed by atoms with E-state index < -0.39 is 9.84 Å². The van der Waals surface area contributed by atoms with E-state index in [0.717, 1.165) is 16.5 Å². The van der Waals surface area contributed by atoms with Crippen molar-refractivity contribution in [3.05, 3.63) is 66.6 Å². The normalized spacial score (nSPS) is 11.1. The fraction of sp³-hybridized carbons (Fsp3) is 0. The van der Waals surface area contributed by atoms with E-state index >= 15 is 0 Å². The molecule has 3 heteroatoms. The molecule has 2 nitrogen and oxygen atoms in total. The van der Waals surface area contributed by atoms with Gasteiger partial charge in [0.15, 0.2) is 9.84 Å². The summed E-state index contributed by atoms with van der Waals surface area (Å²) in [5.41, 5.74) is 1.88. The number of hydrogen-bond acceptors (Lipinski definition) is 2. The largest absolute Gasteiger partial charge is 0.219 e. The third kappa shape index (κ3) is 2.45. The molecule has 0 aliphatic rings. The first kappa shape index (κ1) is 11.6. The molecule has 0 bridgehead atoms. The van der Waals surface area contributed by atoms with Crippen molar-refractivity contribution in [3.63, 3.8) is 0 Å². The molecule has 2 aromatic rings. The lowest BCUT2D eigenvalue weighted by Crippen LogP contribution is -1.95. The Morgan fingerprint density at radius 3 is 2.18 bits per heavy atom. The van der Waals surface area contributed by atoms with Gasteiger partial charge in [0.1, 0.15) is 0 Å².